The molecule has 0 aliphatic rings. The van der Waals surface area contributed by atoms with E-state index in [1.165, 1.54) is 6.07 Å². The summed E-state index contributed by atoms with van der Waals surface area (Å²) >= 11 is 0. The molecular formula is C12H12N4O2. The molecule has 0 spiro atoms. The number of anilines is 1. The Bertz CT molecular complexity index is 598. The van der Waals surface area contributed by atoms with E-state index in [1.807, 2.05) is 6.92 Å². The summed E-state index contributed by atoms with van der Waals surface area (Å²) < 4.78 is 0. The molecule has 2 heterocycles. The lowest BCUT2D eigenvalue weighted by Crippen LogP contribution is -2.00. The van der Waals surface area contributed by atoms with Crippen molar-refractivity contribution in [1.82, 2.24) is 9.97 Å². The average molecular weight is 244 g/mol. The minimum atomic E-state index is -0.436. The summed E-state index contributed by atoms with van der Waals surface area (Å²) in [6, 6.07) is 4.82. The third-order valence-corrected chi connectivity index (χ3v) is 2.62. The van der Waals surface area contributed by atoms with Crippen molar-refractivity contribution in [3.05, 3.63) is 46.3 Å². The molecule has 2 aromatic rings. The van der Waals surface area contributed by atoms with Gasteiger partial charge in [0.15, 0.2) is 5.69 Å². The van der Waals surface area contributed by atoms with Crippen LogP contribution in [-0.4, -0.2) is 21.9 Å². The number of pyridine rings is 2. The van der Waals surface area contributed by atoms with Crippen LogP contribution < -0.4 is 5.32 Å². The van der Waals surface area contributed by atoms with Gasteiger partial charge in [-0.2, -0.15) is 0 Å². The minimum absolute atomic E-state index is 0.0231. The van der Waals surface area contributed by atoms with Crippen molar-refractivity contribution in [2.24, 2.45) is 0 Å². The van der Waals surface area contributed by atoms with Crippen molar-refractivity contribution in [3.8, 4) is 11.3 Å². The van der Waals surface area contributed by atoms with E-state index >= 15 is 0 Å². The number of nitrogens with one attached hydrogen (secondary N) is 1. The van der Waals surface area contributed by atoms with Gasteiger partial charge in [0.1, 0.15) is 5.82 Å². The van der Waals surface area contributed by atoms with Crippen LogP contribution in [0.4, 0.5) is 11.5 Å². The molecule has 0 saturated carbocycles. The summed E-state index contributed by atoms with van der Waals surface area (Å²) in [7, 11) is 1.72. The second-order valence-electron chi connectivity index (χ2n) is 3.76. The predicted molar refractivity (Wildman–Crippen MR) is 68.4 cm³/mol. The van der Waals surface area contributed by atoms with Crippen LogP contribution >= 0.6 is 0 Å². The Kier molecular flexibility index (Phi) is 3.18. The number of hydrogen-bond donors (Lipinski definition) is 1. The Labute approximate surface area is 104 Å². The van der Waals surface area contributed by atoms with E-state index in [9.17, 15) is 10.1 Å². The molecule has 92 valence electrons. The lowest BCUT2D eigenvalue weighted by molar-refractivity contribution is -0.384. The maximum absolute atomic E-state index is 11.0. The Morgan fingerprint density at radius 1 is 1.33 bits per heavy atom. The summed E-state index contributed by atoms with van der Waals surface area (Å²) in [4.78, 5) is 18.8. The largest absolute Gasteiger partial charge is 0.373 e. The van der Waals surface area contributed by atoms with Crippen molar-refractivity contribution < 1.29 is 4.92 Å². The standard InChI is InChI=1S/C12H12N4O2/c1-8-5-6-14-7-9(8)12-10(16(17)18)3-4-11(13-2)15-12/h3-7H,1-2H3,(H,13,15). The van der Waals surface area contributed by atoms with E-state index in [0.29, 0.717) is 17.1 Å². The monoisotopic (exact) mass is 244 g/mol. The zero-order valence-corrected chi connectivity index (χ0v) is 10.0. The van der Waals surface area contributed by atoms with Gasteiger partial charge in [0, 0.05) is 31.1 Å². The van der Waals surface area contributed by atoms with Crippen molar-refractivity contribution in [2.75, 3.05) is 12.4 Å². The SMILES string of the molecule is CNc1ccc([N+](=O)[O-])c(-c2cnccc2C)n1. The highest BCUT2D eigenvalue weighted by Gasteiger charge is 2.19. The Hall–Kier alpha value is -2.50. The Morgan fingerprint density at radius 2 is 2.11 bits per heavy atom. The highest BCUT2D eigenvalue weighted by molar-refractivity contribution is 5.73. The lowest BCUT2D eigenvalue weighted by Gasteiger charge is -2.07. The topological polar surface area (TPSA) is 81.0 Å². The lowest BCUT2D eigenvalue weighted by atomic mass is 10.1. The second kappa shape index (κ2) is 4.79. The number of aromatic nitrogens is 2. The molecule has 0 radical (unpaired) electrons. The van der Waals surface area contributed by atoms with E-state index < -0.39 is 4.92 Å². The van der Waals surface area contributed by atoms with Gasteiger partial charge in [0.05, 0.1) is 4.92 Å². The fourth-order valence-corrected chi connectivity index (χ4v) is 1.65. The fraction of sp³-hybridized carbons (Fsp3) is 0.167. The highest BCUT2D eigenvalue weighted by atomic mass is 16.6. The van der Waals surface area contributed by atoms with Crippen molar-refractivity contribution in [2.45, 2.75) is 6.92 Å². The van der Waals surface area contributed by atoms with Gasteiger partial charge >= 0.3 is 0 Å². The molecule has 0 amide bonds. The molecule has 0 aliphatic carbocycles. The molecule has 1 N–H and O–H groups in total. The first-order valence-electron chi connectivity index (χ1n) is 5.37. The maximum Gasteiger partial charge on any atom is 0.295 e. The number of rotatable bonds is 3. The molecular weight excluding hydrogens is 232 g/mol. The van der Waals surface area contributed by atoms with Gasteiger partial charge in [0.25, 0.3) is 5.69 Å². The number of nitrogens with zero attached hydrogens (tertiary/aromatic N) is 3. The first-order chi connectivity index (χ1) is 8.63. The van der Waals surface area contributed by atoms with Gasteiger partial charge in [-0.05, 0) is 24.6 Å². The van der Waals surface area contributed by atoms with Crippen molar-refractivity contribution >= 4 is 11.5 Å². The molecule has 6 heteroatoms. The summed E-state index contributed by atoms with van der Waals surface area (Å²) in [6.07, 6.45) is 3.23. The molecule has 0 atom stereocenters. The first-order valence-corrected chi connectivity index (χ1v) is 5.37. The van der Waals surface area contributed by atoms with Gasteiger partial charge in [-0.1, -0.05) is 0 Å². The average Bonchev–Trinajstić information content (AvgIpc) is 2.38. The summed E-state index contributed by atoms with van der Waals surface area (Å²) in [5.41, 5.74) is 1.87. The summed E-state index contributed by atoms with van der Waals surface area (Å²) in [5, 5.41) is 13.9. The number of nitro groups is 1. The molecule has 2 aromatic heterocycles. The smallest absolute Gasteiger partial charge is 0.295 e. The second-order valence-corrected chi connectivity index (χ2v) is 3.76. The van der Waals surface area contributed by atoms with Crippen molar-refractivity contribution in [1.29, 1.82) is 0 Å². The van der Waals surface area contributed by atoms with Crippen LogP contribution in [0.25, 0.3) is 11.3 Å². The molecule has 2 rings (SSSR count). The van der Waals surface area contributed by atoms with Crippen LogP contribution in [0.3, 0.4) is 0 Å². The number of aryl methyl sites for hydroxylation is 1. The Balaban J connectivity index is 2.68. The normalized spacial score (nSPS) is 10.1. The molecule has 18 heavy (non-hydrogen) atoms. The predicted octanol–water partition coefficient (Wildman–Crippen LogP) is 2.40. The van der Waals surface area contributed by atoms with Gasteiger partial charge in [-0.25, -0.2) is 4.98 Å². The van der Waals surface area contributed by atoms with E-state index in [-0.39, 0.29) is 5.69 Å². The molecule has 0 aliphatic heterocycles. The van der Waals surface area contributed by atoms with E-state index in [2.05, 4.69) is 15.3 Å². The quantitative estimate of drug-likeness (QED) is 0.662. The first kappa shape index (κ1) is 12.0. The third kappa shape index (κ3) is 2.13. The van der Waals surface area contributed by atoms with Crippen LogP contribution in [-0.2, 0) is 0 Å². The van der Waals surface area contributed by atoms with E-state index in [0.717, 1.165) is 5.56 Å². The zero-order valence-electron chi connectivity index (χ0n) is 10.0. The van der Waals surface area contributed by atoms with E-state index in [4.69, 9.17) is 0 Å². The van der Waals surface area contributed by atoms with Crippen LogP contribution in [0.1, 0.15) is 5.56 Å². The molecule has 0 unspecified atom stereocenters. The number of hydrogen-bond acceptors (Lipinski definition) is 5. The Morgan fingerprint density at radius 3 is 2.72 bits per heavy atom. The molecule has 6 nitrogen and oxygen atoms in total. The van der Waals surface area contributed by atoms with Gasteiger partial charge in [-0.3, -0.25) is 15.1 Å². The molecule has 0 aromatic carbocycles. The van der Waals surface area contributed by atoms with Crippen LogP contribution in [0.15, 0.2) is 30.6 Å². The zero-order chi connectivity index (χ0) is 13.1. The van der Waals surface area contributed by atoms with Gasteiger partial charge in [0.2, 0.25) is 0 Å². The van der Waals surface area contributed by atoms with Crippen LogP contribution in [0, 0.1) is 17.0 Å². The minimum Gasteiger partial charge on any atom is -0.373 e. The third-order valence-electron chi connectivity index (χ3n) is 2.62. The molecule has 0 fully saturated rings. The van der Waals surface area contributed by atoms with Gasteiger partial charge < -0.3 is 5.32 Å². The highest BCUT2D eigenvalue weighted by Crippen LogP contribution is 2.30. The molecule has 0 bridgehead atoms. The van der Waals surface area contributed by atoms with Crippen molar-refractivity contribution in [3.63, 3.8) is 0 Å². The van der Waals surface area contributed by atoms with Crippen LogP contribution in [0.2, 0.25) is 0 Å². The fourth-order valence-electron chi connectivity index (χ4n) is 1.65. The molecule has 0 saturated heterocycles. The summed E-state index contributed by atoms with van der Waals surface area (Å²) in [6.45, 7) is 1.87. The van der Waals surface area contributed by atoms with Crippen LogP contribution in [0.5, 0.6) is 0 Å². The van der Waals surface area contributed by atoms with Gasteiger partial charge in [-0.15, -0.1) is 0 Å². The summed E-state index contributed by atoms with van der Waals surface area (Å²) in [5.74, 6) is 0.582. The maximum atomic E-state index is 11.0. The van der Waals surface area contributed by atoms with E-state index in [1.54, 1.807) is 31.6 Å².